The maximum atomic E-state index is 13.2. The molecular weight excluding hydrogens is 246 g/mol. The fourth-order valence-corrected chi connectivity index (χ4v) is 2.39. The molecule has 1 unspecified atom stereocenters. The lowest BCUT2D eigenvalue weighted by molar-refractivity contribution is 0.218. The smallest absolute Gasteiger partial charge is 0.159 e. The van der Waals surface area contributed by atoms with E-state index in [-0.39, 0.29) is 0 Å². The molecule has 98 valence electrons. The van der Waals surface area contributed by atoms with E-state index < -0.39 is 17.7 Å². The standard InChI is InChI=1S/C16H14F2O/c17-14-8-7-11(9-15(14)18)16(19)13-4-2-1-3-12(13)10-5-6-10/h1-4,7-10,16,19H,5-6H2. The lowest BCUT2D eigenvalue weighted by Gasteiger charge is -2.16. The van der Waals surface area contributed by atoms with E-state index in [9.17, 15) is 13.9 Å². The molecule has 0 spiro atoms. The Balaban J connectivity index is 1.99. The molecule has 1 aliphatic rings. The van der Waals surface area contributed by atoms with Gasteiger partial charge in [-0.05, 0) is 47.6 Å². The Kier molecular flexibility index (Phi) is 3.07. The van der Waals surface area contributed by atoms with E-state index in [0.717, 1.165) is 36.1 Å². The first kappa shape index (κ1) is 12.3. The van der Waals surface area contributed by atoms with Crippen LogP contribution in [0.1, 0.15) is 41.6 Å². The average Bonchev–Trinajstić information content (AvgIpc) is 3.25. The molecule has 0 radical (unpaired) electrons. The summed E-state index contributed by atoms with van der Waals surface area (Å²) in [4.78, 5) is 0. The fraction of sp³-hybridized carbons (Fsp3) is 0.250. The average molecular weight is 260 g/mol. The van der Waals surface area contributed by atoms with Crippen molar-refractivity contribution in [3.63, 3.8) is 0 Å². The van der Waals surface area contributed by atoms with Gasteiger partial charge in [-0.2, -0.15) is 0 Å². The van der Waals surface area contributed by atoms with Crippen molar-refractivity contribution in [3.05, 3.63) is 70.8 Å². The van der Waals surface area contributed by atoms with Crippen LogP contribution in [0.3, 0.4) is 0 Å². The minimum Gasteiger partial charge on any atom is -0.384 e. The molecule has 3 rings (SSSR count). The first-order valence-electron chi connectivity index (χ1n) is 6.38. The molecule has 0 saturated heterocycles. The Morgan fingerprint density at radius 3 is 2.42 bits per heavy atom. The van der Waals surface area contributed by atoms with Crippen LogP contribution in [0.5, 0.6) is 0 Å². The third-order valence-electron chi connectivity index (χ3n) is 3.57. The van der Waals surface area contributed by atoms with Gasteiger partial charge in [-0.3, -0.25) is 0 Å². The highest BCUT2D eigenvalue weighted by Gasteiger charge is 2.28. The summed E-state index contributed by atoms with van der Waals surface area (Å²) in [5, 5.41) is 10.4. The van der Waals surface area contributed by atoms with Crippen molar-refractivity contribution in [2.45, 2.75) is 24.9 Å². The molecule has 1 nitrogen and oxygen atoms in total. The molecule has 1 aliphatic carbocycles. The van der Waals surface area contributed by atoms with E-state index in [2.05, 4.69) is 0 Å². The normalized spacial score (nSPS) is 16.4. The van der Waals surface area contributed by atoms with Gasteiger partial charge in [0.2, 0.25) is 0 Å². The zero-order valence-electron chi connectivity index (χ0n) is 10.3. The Bertz CT molecular complexity index is 605. The van der Waals surface area contributed by atoms with Crippen LogP contribution in [0.15, 0.2) is 42.5 Å². The predicted octanol–water partition coefficient (Wildman–Crippen LogP) is 3.92. The topological polar surface area (TPSA) is 20.2 Å². The van der Waals surface area contributed by atoms with Crippen molar-refractivity contribution in [1.82, 2.24) is 0 Å². The van der Waals surface area contributed by atoms with Crippen molar-refractivity contribution in [2.75, 3.05) is 0 Å². The maximum Gasteiger partial charge on any atom is 0.159 e. The zero-order valence-corrected chi connectivity index (χ0v) is 10.3. The third kappa shape index (κ3) is 2.38. The summed E-state index contributed by atoms with van der Waals surface area (Å²) in [6, 6.07) is 11.2. The number of halogens is 2. The first-order chi connectivity index (χ1) is 9.16. The molecule has 0 bridgehead atoms. The molecular formula is C16H14F2O. The van der Waals surface area contributed by atoms with Crippen molar-refractivity contribution >= 4 is 0 Å². The Morgan fingerprint density at radius 2 is 1.74 bits per heavy atom. The van der Waals surface area contributed by atoms with Gasteiger partial charge in [0.05, 0.1) is 0 Å². The van der Waals surface area contributed by atoms with Gasteiger partial charge >= 0.3 is 0 Å². The summed E-state index contributed by atoms with van der Waals surface area (Å²) >= 11 is 0. The van der Waals surface area contributed by atoms with Crippen LogP contribution in [0.2, 0.25) is 0 Å². The van der Waals surface area contributed by atoms with Gasteiger partial charge in [-0.1, -0.05) is 30.3 Å². The zero-order chi connectivity index (χ0) is 13.4. The number of benzene rings is 2. The van der Waals surface area contributed by atoms with Gasteiger partial charge < -0.3 is 5.11 Å². The van der Waals surface area contributed by atoms with Crippen LogP contribution in [0, 0.1) is 11.6 Å². The molecule has 1 saturated carbocycles. The van der Waals surface area contributed by atoms with Crippen molar-refractivity contribution in [3.8, 4) is 0 Å². The van der Waals surface area contributed by atoms with E-state index in [1.54, 1.807) is 0 Å². The van der Waals surface area contributed by atoms with Gasteiger partial charge in [0, 0.05) is 0 Å². The van der Waals surface area contributed by atoms with E-state index in [1.165, 1.54) is 6.07 Å². The number of hydrogen-bond acceptors (Lipinski definition) is 1. The molecule has 2 aromatic rings. The number of aliphatic hydroxyl groups excluding tert-OH is 1. The summed E-state index contributed by atoms with van der Waals surface area (Å²) in [6.45, 7) is 0. The van der Waals surface area contributed by atoms with Gasteiger partial charge in [-0.25, -0.2) is 8.78 Å². The Morgan fingerprint density at radius 1 is 1.00 bits per heavy atom. The molecule has 3 heteroatoms. The van der Waals surface area contributed by atoms with Gasteiger partial charge in [0.15, 0.2) is 11.6 Å². The summed E-state index contributed by atoms with van der Waals surface area (Å²) in [6.07, 6.45) is 1.34. The van der Waals surface area contributed by atoms with E-state index in [1.807, 2.05) is 24.3 Å². The molecule has 0 aromatic heterocycles. The highest BCUT2D eigenvalue weighted by atomic mass is 19.2. The van der Waals surface area contributed by atoms with Gasteiger partial charge in [0.1, 0.15) is 6.10 Å². The highest BCUT2D eigenvalue weighted by Crippen LogP contribution is 2.43. The van der Waals surface area contributed by atoms with Crippen molar-refractivity contribution in [1.29, 1.82) is 0 Å². The quantitative estimate of drug-likeness (QED) is 0.886. The lowest BCUT2D eigenvalue weighted by atomic mass is 9.94. The largest absolute Gasteiger partial charge is 0.384 e. The third-order valence-corrected chi connectivity index (χ3v) is 3.57. The predicted molar refractivity (Wildman–Crippen MR) is 68.8 cm³/mol. The lowest BCUT2D eigenvalue weighted by Crippen LogP contribution is -2.04. The highest BCUT2D eigenvalue weighted by molar-refractivity contribution is 5.39. The van der Waals surface area contributed by atoms with E-state index >= 15 is 0 Å². The SMILES string of the molecule is OC(c1ccc(F)c(F)c1)c1ccccc1C1CC1. The number of rotatable bonds is 3. The van der Waals surface area contributed by atoms with Crippen LogP contribution < -0.4 is 0 Å². The minimum atomic E-state index is -0.930. The van der Waals surface area contributed by atoms with E-state index in [4.69, 9.17) is 0 Å². The summed E-state index contributed by atoms with van der Waals surface area (Å²) in [7, 11) is 0. The number of aliphatic hydroxyl groups is 1. The fourth-order valence-electron chi connectivity index (χ4n) is 2.39. The van der Waals surface area contributed by atoms with E-state index in [0.29, 0.717) is 11.5 Å². The monoisotopic (exact) mass is 260 g/mol. The maximum absolute atomic E-state index is 13.2. The Labute approximate surface area is 110 Å². The van der Waals surface area contributed by atoms with Gasteiger partial charge in [0.25, 0.3) is 0 Å². The molecule has 0 aliphatic heterocycles. The molecule has 19 heavy (non-hydrogen) atoms. The second-order valence-electron chi connectivity index (χ2n) is 4.98. The summed E-state index contributed by atoms with van der Waals surface area (Å²) in [5.41, 5.74) is 2.28. The molecule has 0 heterocycles. The summed E-state index contributed by atoms with van der Waals surface area (Å²) < 4.78 is 26.2. The van der Waals surface area contributed by atoms with Gasteiger partial charge in [-0.15, -0.1) is 0 Å². The molecule has 1 N–H and O–H groups in total. The molecule has 2 aromatic carbocycles. The van der Waals surface area contributed by atoms with Crippen LogP contribution in [0.25, 0.3) is 0 Å². The first-order valence-corrected chi connectivity index (χ1v) is 6.38. The minimum absolute atomic E-state index is 0.381. The van der Waals surface area contributed by atoms with Crippen LogP contribution in [-0.4, -0.2) is 5.11 Å². The van der Waals surface area contributed by atoms with Crippen molar-refractivity contribution in [2.24, 2.45) is 0 Å². The van der Waals surface area contributed by atoms with Crippen molar-refractivity contribution < 1.29 is 13.9 Å². The molecule has 0 amide bonds. The second-order valence-corrected chi connectivity index (χ2v) is 4.98. The van der Waals surface area contributed by atoms with Crippen LogP contribution >= 0.6 is 0 Å². The summed E-state index contributed by atoms with van der Waals surface area (Å²) in [5.74, 6) is -1.33. The second kappa shape index (κ2) is 4.74. The molecule has 1 fully saturated rings. The van der Waals surface area contributed by atoms with Crippen LogP contribution in [-0.2, 0) is 0 Å². The van der Waals surface area contributed by atoms with Crippen LogP contribution in [0.4, 0.5) is 8.78 Å². The molecule has 1 atom stereocenters. The Hall–Kier alpha value is -1.74. The number of hydrogen-bond donors (Lipinski definition) is 1.